The lowest BCUT2D eigenvalue weighted by atomic mass is 9.43. The molecular formula is C55H44. The lowest BCUT2D eigenvalue weighted by molar-refractivity contribution is -0.0393. The van der Waals surface area contributed by atoms with E-state index in [2.05, 4.69) is 159 Å². The third kappa shape index (κ3) is 3.84. The maximum Gasteiger partial charge on any atom is 0.0278 e. The minimum absolute atomic E-state index is 0.0475. The van der Waals surface area contributed by atoms with Gasteiger partial charge in [0.15, 0.2) is 0 Å². The van der Waals surface area contributed by atoms with E-state index in [1.54, 1.807) is 11.1 Å². The first-order valence-electron chi connectivity index (χ1n) is 20.9. The fourth-order valence-electron chi connectivity index (χ4n) is 13.7. The molecular weight excluding hydrogens is 661 g/mol. The third-order valence-corrected chi connectivity index (χ3v) is 15.6. The van der Waals surface area contributed by atoms with Crippen molar-refractivity contribution in [2.24, 2.45) is 23.7 Å². The fourth-order valence-corrected chi connectivity index (χ4v) is 13.7. The van der Waals surface area contributed by atoms with Crippen molar-refractivity contribution < 1.29 is 0 Å². The molecule has 0 radical (unpaired) electrons. The Kier molecular flexibility index (Phi) is 5.96. The molecule has 0 unspecified atom stereocenters. The van der Waals surface area contributed by atoms with Crippen molar-refractivity contribution in [3.05, 3.63) is 168 Å². The molecule has 1 spiro atoms. The van der Waals surface area contributed by atoms with Crippen molar-refractivity contribution in [2.75, 3.05) is 0 Å². The zero-order valence-electron chi connectivity index (χ0n) is 31.7. The predicted molar refractivity (Wildman–Crippen MR) is 231 cm³/mol. The molecule has 0 saturated heterocycles. The van der Waals surface area contributed by atoms with Crippen molar-refractivity contribution >= 4 is 32.3 Å². The summed E-state index contributed by atoms with van der Waals surface area (Å²) in [7, 11) is 0. The molecule has 0 heteroatoms. The quantitative estimate of drug-likeness (QED) is 0.157. The third-order valence-electron chi connectivity index (χ3n) is 15.6. The zero-order chi connectivity index (χ0) is 36.2. The molecule has 4 bridgehead atoms. The number of hydrogen-bond donors (Lipinski definition) is 0. The van der Waals surface area contributed by atoms with E-state index in [1.807, 2.05) is 0 Å². The Labute approximate surface area is 323 Å². The van der Waals surface area contributed by atoms with Gasteiger partial charge in [0.05, 0.1) is 0 Å². The maximum absolute atomic E-state index is 2.62. The van der Waals surface area contributed by atoms with Crippen molar-refractivity contribution in [1.29, 1.82) is 0 Å². The normalized spacial score (nSPS) is 24.8. The lowest BCUT2D eigenvalue weighted by Crippen LogP contribution is -2.55. The van der Waals surface area contributed by atoms with Gasteiger partial charge in [-0.1, -0.05) is 147 Å². The highest BCUT2D eigenvalue weighted by Crippen LogP contribution is 2.70. The van der Waals surface area contributed by atoms with Gasteiger partial charge < -0.3 is 0 Å². The van der Waals surface area contributed by atoms with Gasteiger partial charge in [-0.3, -0.25) is 0 Å². The SMILES string of the molecule is CC1(C)c2ccccc2-c2ccc(-c3c4ccccc4c(-c4ccc5c(c4)-c4ccc6ccccc6c4C54C5CC6CC(C5)CC4C6)c4ccccc34)cc21. The van der Waals surface area contributed by atoms with Crippen molar-refractivity contribution in [3.8, 4) is 44.5 Å². The van der Waals surface area contributed by atoms with E-state index in [0.29, 0.717) is 0 Å². The molecule has 0 amide bonds. The fraction of sp³-hybridized carbons (Fsp3) is 0.236. The molecule has 0 N–H and O–H groups in total. The molecule has 14 rings (SSSR count). The van der Waals surface area contributed by atoms with Gasteiger partial charge in [0, 0.05) is 10.8 Å². The summed E-state index contributed by atoms with van der Waals surface area (Å²) in [4.78, 5) is 0. The molecule has 6 aliphatic carbocycles. The van der Waals surface area contributed by atoms with Gasteiger partial charge in [-0.25, -0.2) is 0 Å². The van der Waals surface area contributed by atoms with Crippen LogP contribution in [0.1, 0.15) is 68.2 Å². The molecule has 0 aliphatic heterocycles. The molecule has 8 aromatic rings. The van der Waals surface area contributed by atoms with Crippen LogP contribution in [0.2, 0.25) is 0 Å². The van der Waals surface area contributed by atoms with Gasteiger partial charge in [0.1, 0.15) is 0 Å². The molecule has 6 aliphatic rings. The topological polar surface area (TPSA) is 0 Å². The summed E-state index contributed by atoms with van der Waals surface area (Å²) in [6.45, 7) is 4.78. The molecule has 8 aromatic carbocycles. The second kappa shape index (κ2) is 10.6. The molecule has 0 aromatic heterocycles. The molecule has 264 valence electrons. The number of hydrogen-bond acceptors (Lipinski definition) is 0. The molecule has 4 fully saturated rings. The average Bonchev–Trinajstić information content (AvgIpc) is 3.64. The largest absolute Gasteiger partial charge is 0.0619 e. The summed E-state index contributed by atoms with van der Waals surface area (Å²) in [6.07, 6.45) is 7.09. The minimum atomic E-state index is -0.0475. The second-order valence-corrected chi connectivity index (χ2v) is 18.4. The molecule has 4 saturated carbocycles. The van der Waals surface area contributed by atoms with Crippen LogP contribution in [0, 0.1) is 23.7 Å². The van der Waals surface area contributed by atoms with E-state index in [9.17, 15) is 0 Å². The van der Waals surface area contributed by atoms with Crippen LogP contribution in [0.5, 0.6) is 0 Å². The van der Waals surface area contributed by atoms with Crippen LogP contribution >= 0.6 is 0 Å². The van der Waals surface area contributed by atoms with Gasteiger partial charge in [-0.2, -0.15) is 0 Å². The molecule has 55 heavy (non-hydrogen) atoms. The number of fused-ring (bicyclic) bond motifs is 10. The summed E-state index contributed by atoms with van der Waals surface area (Å²) in [6, 6.07) is 56.6. The van der Waals surface area contributed by atoms with Crippen molar-refractivity contribution in [1.82, 2.24) is 0 Å². The van der Waals surface area contributed by atoms with E-state index >= 15 is 0 Å². The Balaban J connectivity index is 1.05. The van der Waals surface area contributed by atoms with E-state index in [4.69, 9.17) is 0 Å². The Morgan fingerprint density at radius 3 is 1.60 bits per heavy atom. The highest BCUT2D eigenvalue weighted by atomic mass is 14.6. The average molecular weight is 705 g/mol. The van der Waals surface area contributed by atoms with Crippen LogP contribution in [0.3, 0.4) is 0 Å². The summed E-state index contributed by atoms with van der Waals surface area (Å²) >= 11 is 0. The number of benzene rings is 8. The van der Waals surface area contributed by atoms with Crippen LogP contribution < -0.4 is 0 Å². The Bertz CT molecular complexity index is 2890. The first-order chi connectivity index (χ1) is 27.0. The van der Waals surface area contributed by atoms with Gasteiger partial charge in [0.2, 0.25) is 0 Å². The Hall–Kier alpha value is -5.46. The first kappa shape index (κ1) is 30.8. The monoisotopic (exact) mass is 704 g/mol. The predicted octanol–water partition coefficient (Wildman–Crippen LogP) is 14.5. The Morgan fingerprint density at radius 2 is 0.927 bits per heavy atom. The highest BCUT2D eigenvalue weighted by Gasteiger charge is 2.62. The summed E-state index contributed by atoms with van der Waals surface area (Å²) in [5, 5.41) is 8.21. The molecule has 0 atom stereocenters. The van der Waals surface area contributed by atoms with Crippen molar-refractivity contribution in [2.45, 2.75) is 56.8 Å². The second-order valence-electron chi connectivity index (χ2n) is 18.4. The van der Waals surface area contributed by atoms with Gasteiger partial charge >= 0.3 is 0 Å². The first-order valence-corrected chi connectivity index (χ1v) is 20.9. The summed E-state index contributed by atoms with van der Waals surface area (Å²) in [5.74, 6) is 3.34. The van der Waals surface area contributed by atoms with Crippen LogP contribution in [-0.2, 0) is 10.8 Å². The lowest BCUT2D eigenvalue weighted by Gasteiger charge is -2.61. The zero-order valence-corrected chi connectivity index (χ0v) is 31.7. The van der Waals surface area contributed by atoms with Crippen LogP contribution in [0.15, 0.2) is 146 Å². The minimum Gasteiger partial charge on any atom is -0.0619 e. The summed E-state index contributed by atoms with van der Waals surface area (Å²) < 4.78 is 0. The maximum atomic E-state index is 2.62. The van der Waals surface area contributed by atoms with Crippen LogP contribution in [0.4, 0.5) is 0 Å². The van der Waals surface area contributed by atoms with Gasteiger partial charge in [-0.15, -0.1) is 0 Å². The van der Waals surface area contributed by atoms with Crippen LogP contribution in [-0.4, -0.2) is 0 Å². The molecule has 0 nitrogen and oxygen atoms in total. The van der Waals surface area contributed by atoms with E-state index in [1.165, 1.54) is 120 Å². The molecule has 0 heterocycles. The van der Waals surface area contributed by atoms with E-state index in [0.717, 1.165) is 23.7 Å². The summed E-state index contributed by atoms with van der Waals surface area (Å²) in [5.41, 5.74) is 17.3. The number of rotatable bonds is 2. The van der Waals surface area contributed by atoms with E-state index < -0.39 is 0 Å². The van der Waals surface area contributed by atoms with Gasteiger partial charge in [-0.05, 0) is 167 Å². The smallest absolute Gasteiger partial charge is 0.0278 e. The van der Waals surface area contributed by atoms with Crippen molar-refractivity contribution in [3.63, 3.8) is 0 Å². The van der Waals surface area contributed by atoms with Gasteiger partial charge in [0.25, 0.3) is 0 Å². The van der Waals surface area contributed by atoms with E-state index in [-0.39, 0.29) is 10.8 Å². The highest BCUT2D eigenvalue weighted by molar-refractivity contribution is 6.21. The Morgan fingerprint density at radius 1 is 0.400 bits per heavy atom. The van der Waals surface area contributed by atoms with Crippen LogP contribution in [0.25, 0.3) is 76.8 Å². The standard InChI is InChI=1S/C55H44/c1-54(2)48-18-10-9-13-40(48)41-22-20-36(31-50(41)54)52-44-16-7-5-14-42(44)51(43-15-6-8-17-45(43)52)35-21-24-49-47(30-35)46-23-19-34-11-3-4-12-39(34)53(46)55(49)37-26-32-25-33(28-37)29-38(55)27-32/h3-24,30-33,37-38H,25-29H2,1-2H3.